The molecule has 0 spiro atoms. The van der Waals surface area contributed by atoms with E-state index in [1.54, 1.807) is 0 Å². The number of hydrogen-bond donors (Lipinski definition) is 0. The summed E-state index contributed by atoms with van der Waals surface area (Å²) in [6.45, 7) is 12.2. The van der Waals surface area contributed by atoms with Gasteiger partial charge < -0.3 is 0 Å². The van der Waals surface area contributed by atoms with E-state index in [2.05, 4.69) is 53.7 Å². The lowest BCUT2D eigenvalue weighted by molar-refractivity contribution is 0.813. The van der Waals surface area contributed by atoms with Crippen LogP contribution < -0.4 is 5.30 Å². The molecule has 3 heteroatoms. The van der Waals surface area contributed by atoms with Crippen LogP contribution in [0.25, 0.3) is 0 Å². The van der Waals surface area contributed by atoms with Crippen molar-refractivity contribution in [2.45, 2.75) is 59.3 Å². The van der Waals surface area contributed by atoms with Crippen molar-refractivity contribution in [3.63, 3.8) is 0 Å². The van der Waals surface area contributed by atoms with Crippen molar-refractivity contribution in [2.24, 2.45) is 0 Å². The topological polar surface area (TPSA) is 0 Å². The van der Waals surface area contributed by atoms with Gasteiger partial charge in [0.2, 0.25) is 0 Å². The summed E-state index contributed by atoms with van der Waals surface area (Å²) < 4.78 is 0. The van der Waals surface area contributed by atoms with Gasteiger partial charge in [-0.05, 0) is 34.4 Å². The normalized spacial score (nSPS) is 12.2. The van der Waals surface area contributed by atoms with E-state index in [9.17, 15) is 0 Å². The summed E-state index contributed by atoms with van der Waals surface area (Å²) in [5.74, 6) is 1.45. The van der Waals surface area contributed by atoms with Crippen molar-refractivity contribution >= 4 is 34.4 Å². The molecule has 0 radical (unpaired) electrons. The maximum Gasteiger partial charge on any atom is 0.117 e. The highest BCUT2D eigenvalue weighted by Crippen LogP contribution is 2.49. The molecule has 1 aromatic carbocycles. The lowest BCUT2D eigenvalue weighted by Crippen LogP contribution is -2.16. The smallest absolute Gasteiger partial charge is 0.0727 e. The number of rotatable bonds is 4. The highest BCUT2D eigenvalue weighted by molar-refractivity contribution is 8.09. The molecule has 0 atom stereocenters. The highest BCUT2D eigenvalue weighted by atomic mass is 35.9. The molecule has 0 saturated carbocycles. The van der Waals surface area contributed by atoms with Crippen LogP contribution in [0.2, 0.25) is 0 Å². The molecule has 0 fully saturated rings. The second kappa shape index (κ2) is 6.60. The van der Waals surface area contributed by atoms with E-state index in [1.165, 1.54) is 22.0 Å². The van der Waals surface area contributed by atoms with Crippen LogP contribution in [0.1, 0.15) is 76.0 Å². The molecule has 0 saturated heterocycles. The lowest BCUT2D eigenvalue weighted by atomic mass is 9.89. The molecule has 0 amide bonds. The Balaban J connectivity index is 3.55. The Hall–Kier alpha value is 0.230. The minimum atomic E-state index is -1.09. The second-order valence-electron chi connectivity index (χ2n) is 5.74. The highest BCUT2D eigenvalue weighted by Gasteiger charge is 2.21. The quantitative estimate of drug-likeness (QED) is 0.559. The van der Waals surface area contributed by atoms with E-state index in [4.69, 9.17) is 22.5 Å². The monoisotopic (exact) mass is 304 g/mol. The van der Waals surface area contributed by atoms with Crippen LogP contribution >= 0.6 is 29.1 Å². The Kier molecular flexibility index (Phi) is 5.97. The van der Waals surface area contributed by atoms with Crippen molar-refractivity contribution in [1.29, 1.82) is 0 Å². The maximum absolute atomic E-state index is 6.26. The van der Waals surface area contributed by atoms with Gasteiger partial charge in [-0.25, -0.2) is 0 Å². The maximum atomic E-state index is 6.26. The molecule has 0 N–H and O–H groups in total. The van der Waals surface area contributed by atoms with E-state index < -0.39 is 6.63 Å². The molecular formula is C15H23Cl2P. The molecule has 1 rings (SSSR count). The summed E-state index contributed by atoms with van der Waals surface area (Å²) in [5.41, 5.74) is 4.03. The summed E-state index contributed by atoms with van der Waals surface area (Å²) in [7, 11) is 0. The van der Waals surface area contributed by atoms with Gasteiger partial charge in [0.15, 0.2) is 0 Å². The standard InChI is InChI=1S/C15H23Cl2P/c1-9(2)12-7-13(10(3)4)15(18(16)17)14(8-12)11(5)6/h7-11H,1-6H3. The molecule has 102 valence electrons. The third-order valence-corrected chi connectivity index (χ3v) is 5.14. The fraction of sp³-hybridized carbons (Fsp3) is 0.600. The summed E-state index contributed by atoms with van der Waals surface area (Å²) in [4.78, 5) is 0. The SMILES string of the molecule is CC(C)c1cc(C(C)C)c(P(Cl)Cl)c(C(C)C)c1. The zero-order chi connectivity index (χ0) is 14.0. The Morgan fingerprint density at radius 1 is 0.778 bits per heavy atom. The first-order valence-corrected chi connectivity index (χ1v) is 9.70. The molecular weight excluding hydrogens is 282 g/mol. The molecule has 1 aromatic rings. The van der Waals surface area contributed by atoms with Crippen molar-refractivity contribution in [1.82, 2.24) is 0 Å². The average Bonchev–Trinajstić information content (AvgIpc) is 2.26. The van der Waals surface area contributed by atoms with Crippen molar-refractivity contribution in [3.05, 3.63) is 28.8 Å². The van der Waals surface area contributed by atoms with Crippen molar-refractivity contribution in [2.75, 3.05) is 0 Å². The van der Waals surface area contributed by atoms with Gasteiger partial charge in [0, 0.05) is 5.30 Å². The lowest BCUT2D eigenvalue weighted by Gasteiger charge is -2.23. The molecule has 0 heterocycles. The van der Waals surface area contributed by atoms with Gasteiger partial charge in [-0.1, -0.05) is 76.2 Å². The third-order valence-electron chi connectivity index (χ3n) is 3.27. The van der Waals surface area contributed by atoms with Crippen LogP contribution in [0.3, 0.4) is 0 Å². The van der Waals surface area contributed by atoms with Gasteiger partial charge in [0.05, 0.1) is 0 Å². The predicted molar refractivity (Wildman–Crippen MR) is 87.0 cm³/mol. The first-order chi connectivity index (χ1) is 8.25. The van der Waals surface area contributed by atoms with Crippen molar-refractivity contribution < 1.29 is 0 Å². The van der Waals surface area contributed by atoms with Gasteiger partial charge in [-0.2, -0.15) is 0 Å². The van der Waals surface area contributed by atoms with Crippen LogP contribution in [0.4, 0.5) is 0 Å². The van der Waals surface area contributed by atoms with Gasteiger partial charge in [0.1, 0.15) is 6.63 Å². The fourth-order valence-electron chi connectivity index (χ4n) is 2.11. The summed E-state index contributed by atoms with van der Waals surface area (Å²) in [5, 5.41) is 1.18. The first kappa shape index (κ1) is 16.3. The van der Waals surface area contributed by atoms with E-state index in [1.807, 2.05) is 0 Å². The third kappa shape index (κ3) is 3.62. The summed E-state index contributed by atoms with van der Waals surface area (Å²) in [6.07, 6.45) is 0. The van der Waals surface area contributed by atoms with Crippen LogP contribution in [-0.2, 0) is 0 Å². The largest absolute Gasteiger partial charge is 0.117 e. The summed E-state index contributed by atoms with van der Waals surface area (Å²) >= 11 is 12.5. The second-order valence-corrected chi connectivity index (χ2v) is 9.21. The number of halogens is 2. The van der Waals surface area contributed by atoms with Crippen LogP contribution in [-0.4, -0.2) is 0 Å². The van der Waals surface area contributed by atoms with Crippen LogP contribution in [0.5, 0.6) is 0 Å². The minimum absolute atomic E-state index is 0.457. The Bertz CT molecular complexity index is 380. The Morgan fingerprint density at radius 3 is 1.39 bits per heavy atom. The van der Waals surface area contributed by atoms with Crippen LogP contribution in [0, 0.1) is 0 Å². The molecule has 0 aliphatic heterocycles. The summed E-state index contributed by atoms with van der Waals surface area (Å²) in [6, 6.07) is 4.58. The van der Waals surface area contributed by atoms with E-state index in [0.29, 0.717) is 17.8 Å². The average molecular weight is 305 g/mol. The molecule has 0 aliphatic carbocycles. The number of benzene rings is 1. The molecule has 18 heavy (non-hydrogen) atoms. The molecule has 0 aliphatic rings. The number of hydrogen-bond acceptors (Lipinski definition) is 0. The van der Waals surface area contributed by atoms with Crippen molar-refractivity contribution in [3.8, 4) is 0 Å². The Morgan fingerprint density at radius 2 is 1.17 bits per heavy atom. The van der Waals surface area contributed by atoms with E-state index in [-0.39, 0.29) is 0 Å². The minimum Gasteiger partial charge on any atom is -0.0727 e. The zero-order valence-electron chi connectivity index (χ0n) is 12.1. The molecule has 0 nitrogen and oxygen atoms in total. The fourth-order valence-corrected chi connectivity index (χ4v) is 4.32. The van der Waals surface area contributed by atoms with Gasteiger partial charge >= 0.3 is 0 Å². The van der Waals surface area contributed by atoms with E-state index in [0.717, 1.165) is 0 Å². The van der Waals surface area contributed by atoms with E-state index >= 15 is 0 Å². The molecule has 0 unspecified atom stereocenters. The zero-order valence-corrected chi connectivity index (χ0v) is 14.5. The molecule has 0 bridgehead atoms. The van der Waals surface area contributed by atoms with Crippen LogP contribution in [0.15, 0.2) is 12.1 Å². The van der Waals surface area contributed by atoms with Gasteiger partial charge in [-0.3, -0.25) is 0 Å². The first-order valence-electron chi connectivity index (χ1n) is 6.55. The Labute approximate surface area is 122 Å². The van der Waals surface area contributed by atoms with Gasteiger partial charge in [-0.15, -0.1) is 0 Å². The predicted octanol–water partition coefficient (Wildman–Crippen LogP) is 6.47. The molecule has 0 aromatic heterocycles. The van der Waals surface area contributed by atoms with Gasteiger partial charge in [0.25, 0.3) is 0 Å².